The first kappa shape index (κ1) is 14.6. The van der Waals surface area contributed by atoms with Gasteiger partial charge in [0.15, 0.2) is 0 Å². The van der Waals surface area contributed by atoms with Gasteiger partial charge in [-0.05, 0) is 51.6 Å². The molecule has 1 unspecified atom stereocenters. The van der Waals surface area contributed by atoms with Gasteiger partial charge in [-0.3, -0.25) is 0 Å². The summed E-state index contributed by atoms with van der Waals surface area (Å²) >= 11 is 6.37. The molecular weight excluding hydrogens is 260 g/mol. The van der Waals surface area contributed by atoms with Crippen molar-refractivity contribution in [1.29, 1.82) is 0 Å². The summed E-state index contributed by atoms with van der Waals surface area (Å²) in [5.41, 5.74) is 1.95. The van der Waals surface area contributed by atoms with Crippen molar-refractivity contribution in [3.8, 4) is 0 Å². The molecule has 0 aliphatic carbocycles. The number of hydrogen-bond acceptors (Lipinski definition) is 3. The van der Waals surface area contributed by atoms with Crippen LogP contribution in [0.3, 0.4) is 0 Å². The Hall–Kier alpha value is -0.770. The van der Waals surface area contributed by atoms with Crippen LogP contribution in [0.4, 0.5) is 5.69 Å². The van der Waals surface area contributed by atoms with Crippen LogP contribution in [-0.2, 0) is 0 Å². The highest BCUT2D eigenvalue weighted by Crippen LogP contribution is 2.31. The average molecular weight is 283 g/mol. The summed E-state index contributed by atoms with van der Waals surface area (Å²) in [6.07, 6.45) is 1.96. The molecular formula is C15H23ClN2O. The Morgan fingerprint density at radius 1 is 1.42 bits per heavy atom. The van der Waals surface area contributed by atoms with E-state index >= 15 is 0 Å². The van der Waals surface area contributed by atoms with Crippen molar-refractivity contribution < 1.29 is 5.11 Å². The van der Waals surface area contributed by atoms with Gasteiger partial charge in [-0.1, -0.05) is 17.7 Å². The van der Waals surface area contributed by atoms with E-state index in [2.05, 4.69) is 23.9 Å². The predicted octanol–water partition coefficient (Wildman–Crippen LogP) is 2.92. The summed E-state index contributed by atoms with van der Waals surface area (Å²) in [6, 6.07) is 6.45. The van der Waals surface area contributed by atoms with E-state index in [1.165, 1.54) is 12.8 Å². The Morgan fingerprint density at radius 3 is 2.74 bits per heavy atom. The van der Waals surface area contributed by atoms with Crippen LogP contribution in [0.15, 0.2) is 18.2 Å². The molecule has 3 nitrogen and oxygen atoms in total. The van der Waals surface area contributed by atoms with E-state index in [1.807, 2.05) is 18.2 Å². The first-order chi connectivity index (χ1) is 8.99. The van der Waals surface area contributed by atoms with Gasteiger partial charge < -0.3 is 14.9 Å². The molecule has 1 aromatic rings. The summed E-state index contributed by atoms with van der Waals surface area (Å²) in [6.45, 7) is 3.83. The Labute approximate surface area is 120 Å². The molecule has 1 fully saturated rings. The van der Waals surface area contributed by atoms with Gasteiger partial charge in [0, 0.05) is 19.1 Å². The van der Waals surface area contributed by atoms with Crippen molar-refractivity contribution in [1.82, 2.24) is 4.90 Å². The van der Waals surface area contributed by atoms with E-state index in [0.717, 1.165) is 29.4 Å². The molecule has 1 aliphatic rings. The van der Waals surface area contributed by atoms with Crippen molar-refractivity contribution in [2.75, 3.05) is 32.1 Å². The normalized spacial score (nSPS) is 21.8. The van der Waals surface area contributed by atoms with Gasteiger partial charge in [0.2, 0.25) is 0 Å². The largest absolute Gasteiger partial charge is 0.389 e. The molecule has 1 heterocycles. The van der Waals surface area contributed by atoms with Gasteiger partial charge in [-0.25, -0.2) is 0 Å². The quantitative estimate of drug-likeness (QED) is 0.923. The standard InChI is InChI=1S/C15H23ClN2O/c1-11(19)12-6-7-15(14(16)9-12)18-8-4-5-13(10-18)17(2)3/h6-7,9,11,13,19H,4-5,8,10H2,1-3H3/t11-,13?/m0/s1. The third kappa shape index (κ3) is 3.41. The number of likely N-dealkylation sites (N-methyl/N-ethyl adjacent to an activating group) is 1. The fourth-order valence-corrected chi connectivity index (χ4v) is 2.94. The highest BCUT2D eigenvalue weighted by Gasteiger charge is 2.23. The van der Waals surface area contributed by atoms with Gasteiger partial charge in [0.1, 0.15) is 0 Å². The molecule has 0 spiro atoms. The van der Waals surface area contributed by atoms with Crippen molar-refractivity contribution in [3.05, 3.63) is 28.8 Å². The van der Waals surface area contributed by atoms with Gasteiger partial charge in [-0.2, -0.15) is 0 Å². The zero-order valence-electron chi connectivity index (χ0n) is 11.9. The topological polar surface area (TPSA) is 26.7 Å². The van der Waals surface area contributed by atoms with Crippen LogP contribution in [0.25, 0.3) is 0 Å². The van der Waals surface area contributed by atoms with E-state index in [1.54, 1.807) is 6.92 Å². The maximum absolute atomic E-state index is 9.59. The summed E-state index contributed by atoms with van der Waals surface area (Å²) in [4.78, 5) is 4.63. The number of piperidine rings is 1. The number of benzene rings is 1. The summed E-state index contributed by atoms with van der Waals surface area (Å²) in [7, 11) is 4.26. The SMILES string of the molecule is C[C@H](O)c1ccc(N2CCCC(N(C)C)C2)c(Cl)c1. The Kier molecular flexibility index (Phi) is 4.71. The number of hydrogen-bond donors (Lipinski definition) is 1. The van der Waals surface area contributed by atoms with Gasteiger partial charge in [0.05, 0.1) is 16.8 Å². The maximum atomic E-state index is 9.59. The van der Waals surface area contributed by atoms with Crippen LogP contribution in [0, 0.1) is 0 Å². The molecule has 0 bridgehead atoms. The van der Waals surface area contributed by atoms with Crippen LogP contribution in [0.5, 0.6) is 0 Å². The van der Waals surface area contributed by atoms with Crippen LogP contribution in [-0.4, -0.2) is 43.2 Å². The lowest BCUT2D eigenvalue weighted by Crippen LogP contribution is -2.45. The molecule has 0 aromatic heterocycles. The van der Waals surface area contributed by atoms with E-state index in [0.29, 0.717) is 6.04 Å². The third-order valence-electron chi connectivity index (χ3n) is 3.92. The first-order valence-corrected chi connectivity index (χ1v) is 7.25. The lowest BCUT2D eigenvalue weighted by Gasteiger charge is -2.38. The lowest BCUT2D eigenvalue weighted by atomic mass is 10.0. The van der Waals surface area contributed by atoms with Crippen LogP contribution in [0.2, 0.25) is 5.02 Å². The molecule has 4 heteroatoms. The number of aliphatic hydroxyl groups excluding tert-OH is 1. The highest BCUT2D eigenvalue weighted by molar-refractivity contribution is 6.33. The molecule has 1 N–H and O–H groups in total. The molecule has 19 heavy (non-hydrogen) atoms. The van der Waals surface area contributed by atoms with Crippen LogP contribution in [0.1, 0.15) is 31.4 Å². The number of anilines is 1. The second kappa shape index (κ2) is 6.12. The minimum atomic E-state index is -0.470. The first-order valence-electron chi connectivity index (χ1n) is 6.88. The van der Waals surface area contributed by atoms with Gasteiger partial charge in [0.25, 0.3) is 0 Å². The van der Waals surface area contributed by atoms with Crippen molar-refractivity contribution in [2.45, 2.75) is 31.9 Å². The van der Waals surface area contributed by atoms with E-state index in [4.69, 9.17) is 11.6 Å². The van der Waals surface area contributed by atoms with Crippen molar-refractivity contribution in [2.24, 2.45) is 0 Å². The molecule has 1 aliphatic heterocycles. The number of rotatable bonds is 3. The van der Waals surface area contributed by atoms with Crippen LogP contribution >= 0.6 is 11.6 Å². The van der Waals surface area contributed by atoms with E-state index in [-0.39, 0.29) is 0 Å². The van der Waals surface area contributed by atoms with Crippen molar-refractivity contribution in [3.63, 3.8) is 0 Å². The molecule has 2 rings (SSSR count). The minimum absolute atomic E-state index is 0.470. The minimum Gasteiger partial charge on any atom is -0.389 e. The summed E-state index contributed by atoms with van der Waals surface area (Å²) < 4.78 is 0. The zero-order chi connectivity index (χ0) is 14.0. The second-order valence-electron chi connectivity index (χ2n) is 5.59. The predicted molar refractivity (Wildman–Crippen MR) is 81.0 cm³/mol. The number of nitrogens with zero attached hydrogens (tertiary/aromatic N) is 2. The molecule has 0 radical (unpaired) electrons. The lowest BCUT2D eigenvalue weighted by molar-refractivity contribution is 0.199. The van der Waals surface area contributed by atoms with E-state index < -0.39 is 6.10 Å². The molecule has 1 saturated heterocycles. The van der Waals surface area contributed by atoms with Crippen molar-refractivity contribution >= 4 is 17.3 Å². The Bertz CT molecular complexity index is 434. The highest BCUT2D eigenvalue weighted by atomic mass is 35.5. The average Bonchev–Trinajstić information content (AvgIpc) is 2.38. The Morgan fingerprint density at radius 2 is 2.16 bits per heavy atom. The monoisotopic (exact) mass is 282 g/mol. The molecule has 2 atom stereocenters. The third-order valence-corrected chi connectivity index (χ3v) is 4.22. The Balaban J connectivity index is 2.17. The summed E-state index contributed by atoms with van der Waals surface area (Å²) in [5.74, 6) is 0. The maximum Gasteiger partial charge on any atom is 0.0762 e. The molecule has 106 valence electrons. The molecule has 0 amide bonds. The molecule has 0 saturated carbocycles. The van der Waals surface area contributed by atoms with Gasteiger partial charge in [-0.15, -0.1) is 0 Å². The zero-order valence-corrected chi connectivity index (χ0v) is 12.7. The fraction of sp³-hybridized carbons (Fsp3) is 0.600. The number of aliphatic hydroxyl groups is 1. The smallest absolute Gasteiger partial charge is 0.0762 e. The molecule has 1 aromatic carbocycles. The second-order valence-corrected chi connectivity index (χ2v) is 6.00. The number of halogens is 1. The summed E-state index contributed by atoms with van der Waals surface area (Å²) in [5, 5.41) is 10.3. The van der Waals surface area contributed by atoms with Gasteiger partial charge >= 0.3 is 0 Å². The van der Waals surface area contributed by atoms with E-state index in [9.17, 15) is 5.11 Å². The fourth-order valence-electron chi connectivity index (χ4n) is 2.63. The van der Waals surface area contributed by atoms with Crippen LogP contribution < -0.4 is 4.90 Å².